The summed E-state index contributed by atoms with van der Waals surface area (Å²) >= 11 is 0. The number of ether oxygens (including phenoxy) is 1. The Labute approximate surface area is 128 Å². The second-order valence-electron chi connectivity index (χ2n) is 4.72. The highest BCUT2D eigenvalue weighted by Gasteiger charge is 2.14. The summed E-state index contributed by atoms with van der Waals surface area (Å²) in [7, 11) is 1.32. The molecule has 2 rings (SSSR count). The molecular weight excluding hydrogens is 282 g/mol. The Bertz CT molecular complexity index is 641. The summed E-state index contributed by atoms with van der Waals surface area (Å²) in [5.74, 6) is -0.713. The summed E-state index contributed by atoms with van der Waals surface area (Å²) in [4.78, 5) is 27.3. The molecule has 0 bridgehead atoms. The highest BCUT2D eigenvalue weighted by Crippen LogP contribution is 2.11. The number of pyridine rings is 1. The van der Waals surface area contributed by atoms with Crippen LogP contribution >= 0.6 is 0 Å². The van der Waals surface area contributed by atoms with Gasteiger partial charge in [-0.15, -0.1) is 0 Å². The topological polar surface area (TPSA) is 94.3 Å². The fraction of sp³-hybridized carbons (Fsp3) is 0.188. The Morgan fingerprint density at radius 3 is 2.41 bits per heavy atom. The van der Waals surface area contributed by atoms with Gasteiger partial charge in [0.1, 0.15) is 0 Å². The molecule has 0 fully saturated rings. The SMILES string of the molecule is COC(=O)c1ccc(NC(=O)C(N)Cc2ccncc2)cc1. The first-order chi connectivity index (χ1) is 10.6. The maximum atomic E-state index is 12.0. The van der Waals surface area contributed by atoms with E-state index in [2.05, 4.69) is 15.0 Å². The fourth-order valence-corrected chi connectivity index (χ4v) is 1.91. The first kappa shape index (κ1) is 15.7. The van der Waals surface area contributed by atoms with Crippen molar-refractivity contribution in [3.05, 3.63) is 59.9 Å². The number of anilines is 1. The summed E-state index contributed by atoms with van der Waals surface area (Å²) in [5, 5.41) is 2.71. The molecule has 22 heavy (non-hydrogen) atoms. The van der Waals surface area contributed by atoms with Gasteiger partial charge < -0.3 is 15.8 Å². The van der Waals surface area contributed by atoms with Gasteiger partial charge in [0.2, 0.25) is 5.91 Å². The smallest absolute Gasteiger partial charge is 0.337 e. The molecule has 1 aromatic heterocycles. The molecule has 1 atom stereocenters. The number of rotatable bonds is 5. The van der Waals surface area contributed by atoms with Crippen molar-refractivity contribution in [3.8, 4) is 0 Å². The van der Waals surface area contributed by atoms with Gasteiger partial charge in [0.05, 0.1) is 18.7 Å². The van der Waals surface area contributed by atoms with Crippen LogP contribution in [0.3, 0.4) is 0 Å². The first-order valence-corrected chi connectivity index (χ1v) is 6.74. The van der Waals surface area contributed by atoms with Gasteiger partial charge in [-0.2, -0.15) is 0 Å². The van der Waals surface area contributed by atoms with Crippen molar-refractivity contribution >= 4 is 17.6 Å². The first-order valence-electron chi connectivity index (χ1n) is 6.74. The monoisotopic (exact) mass is 299 g/mol. The molecule has 3 N–H and O–H groups in total. The van der Waals surface area contributed by atoms with E-state index in [4.69, 9.17) is 5.73 Å². The molecule has 1 aromatic carbocycles. The molecule has 6 nitrogen and oxygen atoms in total. The molecule has 0 aliphatic carbocycles. The number of nitrogens with one attached hydrogen (secondary N) is 1. The molecule has 0 aliphatic heterocycles. The largest absolute Gasteiger partial charge is 0.465 e. The Balaban J connectivity index is 1.95. The predicted molar refractivity (Wildman–Crippen MR) is 82.3 cm³/mol. The lowest BCUT2D eigenvalue weighted by molar-refractivity contribution is -0.117. The van der Waals surface area contributed by atoms with E-state index in [1.807, 2.05) is 12.1 Å². The van der Waals surface area contributed by atoms with Crippen LogP contribution < -0.4 is 11.1 Å². The summed E-state index contributed by atoms with van der Waals surface area (Å²) < 4.78 is 4.61. The van der Waals surface area contributed by atoms with E-state index >= 15 is 0 Å². The Kier molecular flexibility index (Phi) is 5.21. The van der Waals surface area contributed by atoms with Gasteiger partial charge >= 0.3 is 5.97 Å². The number of esters is 1. The van der Waals surface area contributed by atoms with E-state index in [0.717, 1.165) is 5.56 Å². The molecule has 1 amide bonds. The molecule has 0 aliphatic rings. The minimum absolute atomic E-state index is 0.289. The number of hydrogen-bond acceptors (Lipinski definition) is 5. The zero-order valence-electron chi connectivity index (χ0n) is 12.2. The van der Waals surface area contributed by atoms with E-state index in [9.17, 15) is 9.59 Å². The molecule has 6 heteroatoms. The minimum Gasteiger partial charge on any atom is -0.465 e. The van der Waals surface area contributed by atoms with Gasteiger partial charge in [-0.3, -0.25) is 9.78 Å². The van der Waals surface area contributed by atoms with Crippen LogP contribution in [0.15, 0.2) is 48.8 Å². The van der Waals surface area contributed by atoms with E-state index in [1.165, 1.54) is 7.11 Å². The molecule has 0 saturated carbocycles. The Morgan fingerprint density at radius 2 is 1.82 bits per heavy atom. The molecular formula is C16H17N3O3. The number of methoxy groups -OCH3 is 1. The summed E-state index contributed by atoms with van der Waals surface area (Å²) in [6.07, 6.45) is 3.74. The normalized spacial score (nSPS) is 11.5. The lowest BCUT2D eigenvalue weighted by atomic mass is 10.1. The highest BCUT2D eigenvalue weighted by molar-refractivity contribution is 5.95. The van der Waals surface area contributed by atoms with Crippen molar-refractivity contribution in [2.75, 3.05) is 12.4 Å². The number of carbonyl (C=O) groups is 2. The number of benzene rings is 1. The lowest BCUT2D eigenvalue weighted by Gasteiger charge is -2.12. The van der Waals surface area contributed by atoms with Crippen molar-refractivity contribution in [2.24, 2.45) is 5.73 Å². The fourth-order valence-electron chi connectivity index (χ4n) is 1.91. The van der Waals surface area contributed by atoms with Gasteiger partial charge in [0.15, 0.2) is 0 Å². The van der Waals surface area contributed by atoms with Crippen molar-refractivity contribution in [1.82, 2.24) is 4.98 Å². The highest BCUT2D eigenvalue weighted by atomic mass is 16.5. The van der Waals surface area contributed by atoms with Crippen molar-refractivity contribution in [1.29, 1.82) is 0 Å². The summed E-state index contributed by atoms with van der Waals surface area (Å²) in [6.45, 7) is 0. The van der Waals surface area contributed by atoms with Crippen molar-refractivity contribution < 1.29 is 14.3 Å². The summed E-state index contributed by atoms with van der Waals surface area (Å²) in [6, 6.07) is 9.39. The van der Waals surface area contributed by atoms with Gasteiger partial charge in [-0.05, 0) is 48.4 Å². The zero-order valence-corrected chi connectivity index (χ0v) is 12.2. The quantitative estimate of drug-likeness (QED) is 0.813. The average molecular weight is 299 g/mol. The third-order valence-electron chi connectivity index (χ3n) is 3.12. The van der Waals surface area contributed by atoms with Gasteiger partial charge in [0, 0.05) is 18.1 Å². The van der Waals surface area contributed by atoms with Crippen LogP contribution in [0, 0.1) is 0 Å². The number of hydrogen-bond donors (Lipinski definition) is 2. The van der Waals surface area contributed by atoms with Gasteiger partial charge in [-0.1, -0.05) is 0 Å². The third kappa shape index (κ3) is 4.13. The Morgan fingerprint density at radius 1 is 1.18 bits per heavy atom. The van der Waals surface area contributed by atoms with Gasteiger partial charge in [0.25, 0.3) is 0 Å². The van der Waals surface area contributed by atoms with Crippen LogP contribution in [0.2, 0.25) is 0 Å². The molecule has 2 aromatic rings. The van der Waals surface area contributed by atoms with E-state index in [-0.39, 0.29) is 5.91 Å². The van der Waals surface area contributed by atoms with Crippen LogP contribution in [-0.2, 0) is 16.0 Å². The number of nitrogens with zero attached hydrogens (tertiary/aromatic N) is 1. The molecule has 0 radical (unpaired) electrons. The standard InChI is InChI=1S/C16H17N3O3/c1-22-16(21)12-2-4-13(5-3-12)19-15(20)14(17)10-11-6-8-18-9-7-11/h2-9,14H,10,17H2,1H3,(H,19,20). The second kappa shape index (κ2) is 7.33. The summed E-state index contributed by atoms with van der Waals surface area (Å²) in [5.41, 5.74) is 7.82. The number of amides is 1. The van der Waals surface area contributed by atoms with Crippen molar-refractivity contribution in [3.63, 3.8) is 0 Å². The molecule has 1 heterocycles. The van der Waals surface area contributed by atoms with E-state index in [1.54, 1.807) is 36.7 Å². The van der Waals surface area contributed by atoms with Crippen LogP contribution in [0.4, 0.5) is 5.69 Å². The number of aromatic nitrogens is 1. The zero-order chi connectivity index (χ0) is 15.9. The van der Waals surface area contributed by atoms with E-state index < -0.39 is 12.0 Å². The maximum Gasteiger partial charge on any atom is 0.337 e. The Hall–Kier alpha value is -2.73. The van der Waals surface area contributed by atoms with Crippen LogP contribution in [0.25, 0.3) is 0 Å². The molecule has 114 valence electrons. The molecule has 0 saturated heterocycles. The number of nitrogens with two attached hydrogens (primary N) is 1. The lowest BCUT2D eigenvalue weighted by Crippen LogP contribution is -2.37. The van der Waals surface area contributed by atoms with E-state index in [0.29, 0.717) is 17.7 Å². The van der Waals surface area contributed by atoms with Gasteiger partial charge in [-0.25, -0.2) is 4.79 Å². The van der Waals surface area contributed by atoms with Crippen molar-refractivity contribution in [2.45, 2.75) is 12.5 Å². The maximum absolute atomic E-state index is 12.0. The second-order valence-corrected chi connectivity index (χ2v) is 4.72. The van der Waals surface area contributed by atoms with Crippen LogP contribution in [-0.4, -0.2) is 30.0 Å². The molecule has 1 unspecified atom stereocenters. The molecule has 0 spiro atoms. The predicted octanol–water partition coefficient (Wildman–Crippen LogP) is 1.38. The minimum atomic E-state index is -0.664. The van der Waals surface area contributed by atoms with Crippen LogP contribution in [0.1, 0.15) is 15.9 Å². The third-order valence-corrected chi connectivity index (χ3v) is 3.12. The average Bonchev–Trinajstić information content (AvgIpc) is 2.55. The van der Waals surface area contributed by atoms with Crippen LogP contribution in [0.5, 0.6) is 0 Å². The number of carbonyl (C=O) groups excluding carboxylic acids is 2.